The summed E-state index contributed by atoms with van der Waals surface area (Å²) in [6, 6.07) is 0.981. The smallest absolute Gasteiger partial charge is 0.234 e. The van der Waals surface area contributed by atoms with Crippen molar-refractivity contribution in [2.24, 2.45) is 0 Å². The molecule has 1 aromatic carbocycles. The van der Waals surface area contributed by atoms with Crippen LogP contribution in [0.3, 0.4) is 0 Å². The molecule has 14 heavy (non-hydrogen) atoms. The van der Waals surface area contributed by atoms with Gasteiger partial charge in [0.1, 0.15) is 5.82 Å². The van der Waals surface area contributed by atoms with Gasteiger partial charge in [-0.1, -0.05) is 15.9 Å². The van der Waals surface area contributed by atoms with E-state index < -0.39 is 23.2 Å². The maximum atomic E-state index is 12.9. The van der Waals surface area contributed by atoms with Gasteiger partial charge in [0.25, 0.3) is 0 Å². The molecule has 0 aliphatic carbocycles. The van der Waals surface area contributed by atoms with Crippen LogP contribution in [0.15, 0.2) is 16.6 Å². The highest BCUT2D eigenvalue weighted by Crippen LogP contribution is 2.36. The molecule has 0 aromatic heterocycles. The second-order valence-electron chi connectivity index (χ2n) is 2.40. The van der Waals surface area contributed by atoms with E-state index in [-0.39, 0.29) is 4.47 Å². The van der Waals surface area contributed by atoms with Gasteiger partial charge in [0.2, 0.25) is 5.69 Å². The first-order valence-corrected chi connectivity index (χ1v) is 4.09. The van der Waals surface area contributed by atoms with Crippen molar-refractivity contribution in [2.45, 2.75) is 6.18 Å². The van der Waals surface area contributed by atoms with Gasteiger partial charge in [-0.2, -0.15) is 13.2 Å². The summed E-state index contributed by atoms with van der Waals surface area (Å²) in [4.78, 5) is 2.75. The highest BCUT2D eigenvalue weighted by Gasteiger charge is 2.32. The van der Waals surface area contributed by atoms with E-state index in [9.17, 15) is 17.6 Å². The Morgan fingerprint density at radius 2 is 1.86 bits per heavy atom. The van der Waals surface area contributed by atoms with Crippen molar-refractivity contribution in [3.05, 3.63) is 39.4 Å². The zero-order valence-corrected chi connectivity index (χ0v) is 8.08. The molecule has 1 nitrogen and oxygen atoms in total. The average molecular weight is 268 g/mol. The number of alkyl halides is 3. The maximum Gasteiger partial charge on any atom is 0.416 e. The van der Waals surface area contributed by atoms with Gasteiger partial charge in [0.15, 0.2) is 0 Å². The van der Waals surface area contributed by atoms with Crippen LogP contribution in [0.1, 0.15) is 5.56 Å². The minimum absolute atomic E-state index is 0.195. The lowest BCUT2D eigenvalue weighted by atomic mass is 10.2. The molecule has 0 N–H and O–H groups in total. The first kappa shape index (κ1) is 11.0. The van der Waals surface area contributed by atoms with Gasteiger partial charge in [-0.25, -0.2) is 9.24 Å². The number of halogens is 5. The van der Waals surface area contributed by atoms with Gasteiger partial charge in [0.05, 0.1) is 12.1 Å². The van der Waals surface area contributed by atoms with Crippen LogP contribution >= 0.6 is 15.9 Å². The number of rotatable bonds is 0. The summed E-state index contributed by atoms with van der Waals surface area (Å²) in [6.45, 7) is 6.53. The standard InChI is InChI=1S/C8H2BrF4N/c1-14-7-5(9)2-4(3-6(7)10)8(11,12)13/h2-3H. The Labute approximate surface area is 85.3 Å². The molecule has 0 atom stereocenters. The molecule has 0 unspecified atom stereocenters. The zero-order chi connectivity index (χ0) is 10.9. The van der Waals surface area contributed by atoms with Crippen LogP contribution in [0.4, 0.5) is 23.2 Å². The van der Waals surface area contributed by atoms with E-state index in [1.165, 1.54) is 0 Å². The maximum absolute atomic E-state index is 12.9. The molecule has 0 radical (unpaired) electrons. The molecule has 0 aliphatic rings. The molecule has 0 aliphatic heterocycles. The van der Waals surface area contributed by atoms with E-state index in [4.69, 9.17) is 6.57 Å². The largest absolute Gasteiger partial charge is 0.416 e. The van der Waals surface area contributed by atoms with Crippen molar-refractivity contribution in [1.29, 1.82) is 0 Å². The number of benzene rings is 1. The Kier molecular flexibility index (Phi) is 2.81. The van der Waals surface area contributed by atoms with Crippen molar-refractivity contribution in [1.82, 2.24) is 0 Å². The van der Waals surface area contributed by atoms with E-state index in [2.05, 4.69) is 20.8 Å². The number of hydrogen-bond acceptors (Lipinski definition) is 0. The summed E-state index contributed by atoms with van der Waals surface area (Å²) in [5.41, 5.74) is -1.56. The number of nitrogens with zero attached hydrogens (tertiary/aromatic N) is 1. The Balaban J connectivity index is 3.37. The highest BCUT2D eigenvalue weighted by molar-refractivity contribution is 9.10. The van der Waals surface area contributed by atoms with Crippen molar-refractivity contribution in [3.63, 3.8) is 0 Å². The van der Waals surface area contributed by atoms with Crippen LogP contribution in [-0.4, -0.2) is 0 Å². The second kappa shape index (κ2) is 3.58. The summed E-state index contributed by atoms with van der Waals surface area (Å²) in [7, 11) is 0. The Morgan fingerprint density at radius 3 is 2.21 bits per heavy atom. The van der Waals surface area contributed by atoms with Gasteiger partial charge in [0, 0.05) is 4.47 Å². The van der Waals surface area contributed by atoms with Crippen LogP contribution < -0.4 is 0 Å². The topological polar surface area (TPSA) is 4.36 Å². The van der Waals surface area contributed by atoms with Crippen LogP contribution in [0.5, 0.6) is 0 Å². The van der Waals surface area contributed by atoms with Crippen molar-refractivity contribution in [2.75, 3.05) is 0 Å². The van der Waals surface area contributed by atoms with E-state index in [0.717, 1.165) is 0 Å². The normalized spacial score (nSPS) is 11.1. The van der Waals surface area contributed by atoms with Gasteiger partial charge in [-0.05, 0) is 12.1 Å². The molecule has 0 heterocycles. The summed E-state index contributed by atoms with van der Waals surface area (Å²) in [5.74, 6) is -1.18. The molecule has 1 rings (SSSR count). The van der Waals surface area contributed by atoms with E-state index in [1.54, 1.807) is 0 Å². The monoisotopic (exact) mass is 267 g/mol. The van der Waals surface area contributed by atoms with Gasteiger partial charge >= 0.3 is 6.18 Å². The molecule has 0 spiro atoms. The molecule has 74 valence electrons. The van der Waals surface area contributed by atoms with Crippen LogP contribution in [0, 0.1) is 12.4 Å². The van der Waals surface area contributed by atoms with Crippen molar-refractivity contribution >= 4 is 21.6 Å². The lowest BCUT2D eigenvalue weighted by molar-refractivity contribution is -0.137. The fourth-order valence-corrected chi connectivity index (χ4v) is 1.36. The molecule has 0 saturated carbocycles. The van der Waals surface area contributed by atoms with Gasteiger partial charge < -0.3 is 0 Å². The molecular formula is C8H2BrF4N. The van der Waals surface area contributed by atoms with Gasteiger partial charge in [-0.15, -0.1) is 0 Å². The van der Waals surface area contributed by atoms with Crippen LogP contribution in [0.2, 0.25) is 0 Å². The van der Waals surface area contributed by atoms with Crippen LogP contribution in [-0.2, 0) is 6.18 Å². The SMILES string of the molecule is [C-]#[N+]c1c(F)cc(C(F)(F)F)cc1Br. The Hall–Kier alpha value is -1.09. The minimum Gasteiger partial charge on any atom is -0.234 e. The molecule has 1 aromatic rings. The van der Waals surface area contributed by atoms with E-state index >= 15 is 0 Å². The lowest BCUT2D eigenvalue weighted by Gasteiger charge is -2.08. The molecule has 0 amide bonds. The van der Waals surface area contributed by atoms with Crippen LogP contribution in [0.25, 0.3) is 4.85 Å². The predicted octanol–water partition coefficient (Wildman–Crippen LogP) is 4.16. The van der Waals surface area contributed by atoms with E-state index in [0.29, 0.717) is 12.1 Å². The first-order chi connectivity index (χ1) is 6.36. The molecule has 0 fully saturated rings. The second-order valence-corrected chi connectivity index (χ2v) is 3.25. The highest BCUT2D eigenvalue weighted by atomic mass is 79.9. The lowest BCUT2D eigenvalue weighted by Crippen LogP contribution is -2.05. The Morgan fingerprint density at radius 1 is 1.29 bits per heavy atom. The zero-order valence-electron chi connectivity index (χ0n) is 6.49. The average Bonchev–Trinajstić information content (AvgIpc) is 2.01. The summed E-state index contributed by atoms with van der Waals surface area (Å²) in [6.07, 6.45) is -4.61. The predicted molar refractivity (Wildman–Crippen MR) is 45.4 cm³/mol. The minimum atomic E-state index is -4.61. The summed E-state index contributed by atoms with van der Waals surface area (Å²) >= 11 is 2.70. The third kappa shape index (κ3) is 2.04. The third-order valence-corrected chi connectivity index (χ3v) is 2.06. The van der Waals surface area contributed by atoms with Crippen molar-refractivity contribution < 1.29 is 17.6 Å². The molecular weight excluding hydrogens is 266 g/mol. The molecule has 0 bridgehead atoms. The summed E-state index contributed by atoms with van der Waals surface area (Å²) < 4.78 is 49.1. The third-order valence-electron chi connectivity index (χ3n) is 1.46. The molecule has 6 heteroatoms. The first-order valence-electron chi connectivity index (χ1n) is 3.30. The summed E-state index contributed by atoms with van der Waals surface area (Å²) in [5, 5.41) is 0. The molecule has 0 saturated heterocycles. The van der Waals surface area contributed by atoms with E-state index in [1.807, 2.05) is 0 Å². The van der Waals surface area contributed by atoms with Crippen molar-refractivity contribution in [3.8, 4) is 0 Å². The Bertz CT molecular complexity index is 382. The fourth-order valence-electron chi connectivity index (χ4n) is 0.836. The van der Waals surface area contributed by atoms with Gasteiger partial charge in [-0.3, -0.25) is 0 Å². The number of hydrogen-bond donors (Lipinski definition) is 0. The fraction of sp³-hybridized carbons (Fsp3) is 0.125. The quantitative estimate of drug-likeness (QED) is 0.491.